The SMILES string of the molecule is Cc1cc(C)n2nc(C)c(S(=O)(=O)c3ccc(F)cc3)c2n1.Cl. The van der Waals surface area contributed by atoms with Crippen LogP contribution >= 0.6 is 12.4 Å². The summed E-state index contributed by atoms with van der Waals surface area (Å²) in [5.41, 5.74) is 2.16. The fraction of sp³-hybridized carbons (Fsp3) is 0.200. The fourth-order valence-corrected chi connectivity index (χ4v) is 3.99. The summed E-state index contributed by atoms with van der Waals surface area (Å²) in [6.45, 7) is 5.26. The van der Waals surface area contributed by atoms with Crippen LogP contribution < -0.4 is 0 Å². The number of nitrogens with zero attached hydrogens (tertiary/aromatic N) is 3. The number of hydrogen-bond donors (Lipinski definition) is 0. The molecule has 23 heavy (non-hydrogen) atoms. The van der Waals surface area contributed by atoms with Crippen molar-refractivity contribution in [3.05, 3.63) is 53.2 Å². The number of aryl methyl sites for hydroxylation is 3. The minimum Gasteiger partial charge on any atom is -0.233 e. The van der Waals surface area contributed by atoms with Gasteiger partial charge in [-0.15, -0.1) is 12.4 Å². The fourth-order valence-electron chi connectivity index (χ4n) is 2.45. The Balaban J connectivity index is 0.00000192. The van der Waals surface area contributed by atoms with Gasteiger partial charge in [-0.05, 0) is 51.1 Å². The van der Waals surface area contributed by atoms with Crippen molar-refractivity contribution in [1.82, 2.24) is 14.6 Å². The Morgan fingerprint density at radius 3 is 2.30 bits per heavy atom. The number of aromatic nitrogens is 3. The quantitative estimate of drug-likeness (QED) is 0.663. The molecule has 0 aliphatic heterocycles. The summed E-state index contributed by atoms with van der Waals surface area (Å²) in [6, 6.07) is 6.57. The van der Waals surface area contributed by atoms with Crippen molar-refractivity contribution in [3.8, 4) is 0 Å². The van der Waals surface area contributed by atoms with Crippen LogP contribution in [-0.4, -0.2) is 23.0 Å². The molecular weight excluding hydrogens is 341 g/mol. The second-order valence-corrected chi connectivity index (χ2v) is 7.03. The molecule has 0 aliphatic rings. The normalized spacial score (nSPS) is 11.5. The van der Waals surface area contributed by atoms with Gasteiger partial charge >= 0.3 is 0 Å². The maximum atomic E-state index is 13.0. The number of benzene rings is 1. The number of rotatable bonds is 2. The summed E-state index contributed by atoms with van der Waals surface area (Å²) in [5, 5.41) is 4.26. The molecule has 0 spiro atoms. The number of sulfone groups is 1. The highest BCUT2D eigenvalue weighted by atomic mass is 35.5. The highest BCUT2D eigenvalue weighted by molar-refractivity contribution is 7.91. The molecule has 1 aromatic carbocycles. The third-order valence-electron chi connectivity index (χ3n) is 3.41. The maximum Gasteiger partial charge on any atom is 0.212 e. The summed E-state index contributed by atoms with van der Waals surface area (Å²) in [4.78, 5) is 4.40. The Bertz CT molecular complexity index is 982. The lowest BCUT2D eigenvalue weighted by atomic mass is 10.3. The van der Waals surface area contributed by atoms with Crippen molar-refractivity contribution in [2.75, 3.05) is 0 Å². The summed E-state index contributed by atoms with van der Waals surface area (Å²) in [7, 11) is -3.82. The van der Waals surface area contributed by atoms with E-state index in [4.69, 9.17) is 0 Å². The van der Waals surface area contributed by atoms with E-state index in [1.54, 1.807) is 13.8 Å². The largest absolute Gasteiger partial charge is 0.233 e. The Hall–Kier alpha value is -1.99. The molecule has 2 aromatic heterocycles. The summed E-state index contributed by atoms with van der Waals surface area (Å²) in [5.74, 6) is -0.486. The lowest BCUT2D eigenvalue weighted by Crippen LogP contribution is -2.05. The lowest BCUT2D eigenvalue weighted by Gasteiger charge is -2.05. The first-order valence-corrected chi connectivity index (χ1v) is 8.13. The molecular formula is C15H15ClFN3O2S. The van der Waals surface area contributed by atoms with Gasteiger partial charge in [-0.25, -0.2) is 22.3 Å². The Kier molecular flexibility index (Phi) is 4.45. The second-order valence-electron chi connectivity index (χ2n) is 5.15. The average molecular weight is 356 g/mol. The molecule has 0 atom stereocenters. The van der Waals surface area contributed by atoms with E-state index in [-0.39, 0.29) is 22.2 Å². The molecule has 8 heteroatoms. The first-order valence-electron chi connectivity index (χ1n) is 6.65. The van der Waals surface area contributed by atoms with E-state index < -0.39 is 15.7 Å². The molecule has 3 aromatic rings. The van der Waals surface area contributed by atoms with Crippen LogP contribution in [0.1, 0.15) is 17.1 Å². The summed E-state index contributed by atoms with van der Waals surface area (Å²) in [6.07, 6.45) is 0. The number of hydrogen-bond acceptors (Lipinski definition) is 4. The van der Waals surface area contributed by atoms with E-state index in [1.165, 1.54) is 16.6 Å². The molecule has 0 saturated heterocycles. The molecule has 0 N–H and O–H groups in total. The molecule has 0 unspecified atom stereocenters. The van der Waals surface area contributed by atoms with E-state index >= 15 is 0 Å². The van der Waals surface area contributed by atoms with Crippen molar-refractivity contribution < 1.29 is 12.8 Å². The zero-order chi connectivity index (χ0) is 16.1. The first kappa shape index (κ1) is 17.4. The van der Waals surface area contributed by atoms with Gasteiger partial charge in [0.2, 0.25) is 9.84 Å². The van der Waals surface area contributed by atoms with E-state index in [9.17, 15) is 12.8 Å². The van der Waals surface area contributed by atoms with Crippen LogP contribution in [-0.2, 0) is 9.84 Å². The zero-order valence-electron chi connectivity index (χ0n) is 12.7. The zero-order valence-corrected chi connectivity index (χ0v) is 14.4. The molecule has 0 bridgehead atoms. The summed E-state index contributed by atoms with van der Waals surface area (Å²) < 4.78 is 40.2. The predicted octanol–water partition coefficient (Wildman–Crippen LogP) is 3.05. The van der Waals surface area contributed by atoms with E-state index in [2.05, 4.69) is 10.1 Å². The van der Waals surface area contributed by atoms with Crippen LogP contribution in [0.4, 0.5) is 4.39 Å². The number of halogens is 2. The third-order valence-corrected chi connectivity index (χ3v) is 5.32. The Morgan fingerprint density at radius 1 is 1.09 bits per heavy atom. The van der Waals surface area contributed by atoms with E-state index in [0.717, 1.165) is 17.8 Å². The molecule has 2 heterocycles. The van der Waals surface area contributed by atoms with Gasteiger partial charge in [0.15, 0.2) is 5.65 Å². The molecule has 5 nitrogen and oxygen atoms in total. The minimum atomic E-state index is -3.82. The number of fused-ring (bicyclic) bond motifs is 1. The molecule has 0 aliphatic carbocycles. The Labute approximate surface area is 139 Å². The molecule has 122 valence electrons. The van der Waals surface area contributed by atoms with Crippen LogP contribution in [0.2, 0.25) is 0 Å². The maximum absolute atomic E-state index is 13.0. The molecule has 0 amide bonds. The monoisotopic (exact) mass is 355 g/mol. The van der Waals surface area contributed by atoms with Crippen molar-refractivity contribution >= 4 is 27.9 Å². The van der Waals surface area contributed by atoms with Gasteiger partial charge in [-0.3, -0.25) is 0 Å². The average Bonchev–Trinajstić information content (AvgIpc) is 2.76. The first-order chi connectivity index (χ1) is 10.3. The van der Waals surface area contributed by atoms with Crippen LogP contribution in [0.5, 0.6) is 0 Å². The van der Waals surface area contributed by atoms with Crippen LogP contribution in [0.3, 0.4) is 0 Å². The van der Waals surface area contributed by atoms with Gasteiger partial charge in [0.25, 0.3) is 0 Å². The lowest BCUT2D eigenvalue weighted by molar-refractivity contribution is 0.595. The standard InChI is InChI=1S/C15H14FN3O2S.ClH/c1-9-8-10(2)19-15(17-9)14(11(3)18-19)22(20,21)13-6-4-12(16)5-7-13;/h4-8H,1-3H3;1H. The van der Waals surface area contributed by atoms with Gasteiger partial charge in [0.1, 0.15) is 10.7 Å². The Morgan fingerprint density at radius 2 is 1.70 bits per heavy atom. The molecule has 3 rings (SSSR count). The van der Waals surface area contributed by atoms with Crippen molar-refractivity contribution in [2.24, 2.45) is 0 Å². The van der Waals surface area contributed by atoms with E-state index in [1.807, 2.05) is 13.0 Å². The minimum absolute atomic E-state index is 0. The summed E-state index contributed by atoms with van der Waals surface area (Å²) >= 11 is 0. The van der Waals surface area contributed by atoms with Crippen molar-refractivity contribution in [3.63, 3.8) is 0 Å². The van der Waals surface area contributed by atoms with E-state index in [0.29, 0.717) is 17.0 Å². The van der Waals surface area contributed by atoms with Gasteiger partial charge in [0.05, 0.1) is 10.6 Å². The van der Waals surface area contributed by atoms with Gasteiger partial charge in [0, 0.05) is 11.4 Å². The van der Waals surface area contributed by atoms with Gasteiger partial charge < -0.3 is 0 Å². The van der Waals surface area contributed by atoms with Crippen molar-refractivity contribution in [2.45, 2.75) is 30.6 Å². The van der Waals surface area contributed by atoms with Crippen LogP contribution in [0.25, 0.3) is 5.65 Å². The van der Waals surface area contributed by atoms with Gasteiger partial charge in [-0.2, -0.15) is 5.10 Å². The predicted molar refractivity (Wildman–Crippen MR) is 86.3 cm³/mol. The van der Waals surface area contributed by atoms with Crippen LogP contribution in [0, 0.1) is 26.6 Å². The molecule has 0 saturated carbocycles. The highest BCUT2D eigenvalue weighted by Gasteiger charge is 2.27. The third kappa shape index (κ3) is 2.82. The molecule has 0 radical (unpaired) electrons. The smallest absolute Gasteiger partial charge is 0.212 e. The van der Waals surface area contributed by atoms with Crippen molar-refractivity contribution in [1.29, 1.82) is 0 Å². The van der Waals surface area contributed by atoms with Gasteiger partial charge in [-0.1, -0.05) is 0 Å². The highest BCUT2D eigenvalue weighted by Crippen LogP contribution is 2.27. The topological polar surface area (TPSA) is 64.3 Å². The second kappa shape index (κ2) is 5.90. The van der Waals surface area contributed by atoms with Crippen LogP contribution in [0.15, 0.2) is 40.1 Å². The molecule has 0 fully saturated rings.